The summed E-state index contributed by atoms with van der Waals surface area (Å²) in [7, 11) is 0. The highest BCUT2D eigenvalue weighted by Gasteiger charge is 2.69. The maximum absolute atomic E-state index is 13.8. The van der Waals surface area contributed by atoms with Crippen LogP contribution >= 0.6 is 0 Å². The lowest BCUT2D eigenvalue weighted by Crippen LogP contribution is -2.53. The number of hydrogen-bond acceptors (Lipinski definition) is 4. The van der Waals surface area contributed by atoms with Gasteiger partial charge in [0.1, 0.15) is 5.54 Å². The summed E-state index contributed by atoms with van der Waals surface area (Å²) in [5.74, 6) is -2.25. The maximum Gasteiger partial charge on any atom is 0.250 e. The van der Waals surface area contributed by atoms with Crippen molar-refractivity contribution in [3.05, 3.63) is 72.3 Å². The van der Waals surface area contributed by atoms with Crippen molar-refractivity contribution in [3.8, 4) is 0 Å². The van der Waals surface area contributed by atoms with E-state index in [0.29, 0.717) is 11.4 Å². The van der Waals surface area contributed by atoms with Crippen molar-refractivity contribution >= 4 is 39.9 Å². The molecule has 0 saturated carbocycles. The van der Waals surface area contributed by atoms with E-state index >= 15 is 0 Å². The number of anilines is 2. The summed E-state index contributed by atoms with van der Waals surface area (Å²) in [5, 5.41) is 8.02. The fraction of sp³-hybridized carbons (Fsp3) is 0.208. The number of nitrogens with one attached hydrogen (secondary N) is 2. The number of fused-ring (bicyclic) bond motifs is 5. The van der Waals surface area contributed by atoms with Crippen molar-refractivity contribution in [2.24, 2.45) is 11.8 Å². The van der Waals surface area contributed by atoms with Gasteiger partial charge in [-0.3, -0.25) is 19.7 Å². The molecule has 148 valence electrons. The maximum atomic E-state index is 13.8. The molecule has 3 amide bonds. The summed E-state index contributed by atoms with van der Waals surface area (Å²) in [5.41, 5.74) is 0.765. The fourth-order valence-electron chi connectivity index (χ4n) is 5.56. The third-order valence-corrected chi connectivity index (χ3v) is 6.78. The number of para-hydroxylation sites is 1. The first-order valence-electron chi connectivity index (χ1n) is 10.1. The van der Waals surface area contributed by atoms with Gasteiger partial charge in [-0.2, -0.15) is 0 Å². The third-order valence-electron chi connectivity index (χ3n) is 6.78. The highest BCUT2D eigenvalue weighted by molar-refractivity contribution is 6.27. The third kappa shape index (κ3) is 1.94. The fourth-order valence-corrected chi connectivity index (χ4v) is 5.56. The molecule has 6 heteroatoms. The van der Waals surface area contributed by atoms with E-state index in [1.54, 1.807) is 6.07 Å². The molecule has 0 unspecified atom stereocenters. The molecule has 1 spiro atoms. The Balaban J connectivity index is 1.54. The van der Waals surface area contributed by atoms with Crippen LogP contribution in [-0.4, -0.2) is 23.8 Å². The number of carbonyl (C=O) groups excluding carboxylic acids is 3. The molecule has 30 heavy (non-hydrogen) atoms. The molecule has 2 fully saturated rings. The van der Waals surface area contributed by atoms with E-state index in [-0.39, 0.29) is 23.8 Å². The van der Waals surface area contributed by atoms with E-state index in [4.69, 9.17) is 0 Å². The number of benzene rings is 3. The quantitative estimate of drug-likeness (QED) is 0.619. The van der Waals surface area contributed by atoms with E-state index < -0.39 is 17.4 Å². The van der Waals surface area contributed by atoms with Crippen molar-refractivity contribution in [1.82, 2.24) is 5.32 Å². The van der Waals surface area contributed by atoms with E-state index in [0.717, 1.165) is 16.3 Å². The second kappa shape index (κ2) is 5.77. The van der Waals surface area contributed by atoms with Crippen LogP contribution in [0.2, 0.25) is 0 Å². The van der Waals surface area contributed by atoms with Gasteiger partial charge in [-0.1, -0.05) is 54.6 Å². The van der Waals surface area contributed by atoms with E-state index in [2.05, 4.69) is 10.6 Å². The van der Waals surface area contributed by atoms with Crippen LogP contribution in [0.5, 0.6) is 0 Å². The second-order valence-corrected chi connectivity index (χ2v) is 8.25. The van der Waals surface area contributed by atoms with Crippen LogP contribution < -0.4 is 15.5 Å². The molecule has 3 aliphatic rings. The smallest absolute Gasteiger partial charge is 0.250 e. The minimum absolute atomic E-state index is 0.254. The molecule has 6 nitrogen and oxygen atoms in total. The Morgan fingerprint density at radius 1 is 0.867 bits per heavy atom. The van der Waals surface area contributed by atoms with E-state index in [1.165, 1.54) is 4.90 Å². The molecule has 6 rings (SSSR count). The van der Waals surface area contributed by atoms with Crippen molar-refractivity contribution in [3.63, 3.8) is 0 Å². The molecule has 3 aliphatic heterocycles. The molecule has 0 radical (unpaired) electrons. The van der Waals surface area contributed by atoms with Crippen LogP contribution in [0.3, 0.4) is 0 Å². The first kappa shape index (κ1) is 17.4. The van der Waals surface area contributed by atoms with Crippen LogP contribution in [0.25, 0.3) is 10.8 Å². The van der Waals surface area contributed by atoms with Crippen molar-refractivity contribution in [1.29, 1.82) is 0 Å². The number of amides is 3. The van der Waals surface area contributed by atoms with Crippen LogP contribution in [0.4, 0.5) is 11.4 Å². The highest BCUT2D eigenvalue weighted by Crippen LogP contribution is 2.53. The van der Waals surface area contributed by atoms with Gasteiger partial charge in [-0.05, 0) is 24.4 Å². The van der Waals surface area contributed by atoms with Crippen LogP contribution in [0.1, 0.15) is 12.5 Å². The molecule has 0 bridgehead atoms. The monoisotopic (exact) mass is 397 g/mol. The Labute approximate surface area is 172 Å². The van der Waals surface area contributed by atoms with Crippen LogP contribution in [0, 0.1) is 11.8 Å². The molecule has 2 saturated heterocycles. The van der Waals surface area contributed by atoms with E-state index in [9.17, 15) is 14.4 Å². The number of nitrogens with zero attached hydrogens (tertiary/aromatic N) is 1. The molecule has 0 aliphatic carbocycles. The molecule has 0 aromatic heterocycles. The largest absolute Gasteiger partial charge is 0.324 e. The predicted octanol–water partition coefficient (Wildman–Crippen LogP) is 2.78. The second-order valence-electron chi connectivity index (χ2n) is 8.25. The SMILES string of the molecule is C[C@@H]1N[C@]2(C(=O)Nc3ccccc32)[C@@H]2C(=O)N(c3cccc4ccccc34)C(=O)[C@@H]12. The lowest BCUT2D eigenvalue weighted by atomic mass is 9.76. The van der Waals surface area contributed by atoms with Gasteiger partial charge in [0.25, 0.3) is 0 Å². The van der Waals surface area contributed by atoms with Crippen molar-refractivity contribution < 1.29 is 14.4 Å². The van der Waals surface area contributed by atoms with Gasteiger partial charge in [0, 0.05) is 22.7 Å². The van der Waals surface area contributed by atoms with Crippen LogP contribution in [-0.2, 0) is 19.9 Å². The Kier molecular flexibility index (Phi) is 3.34. The van der Waals surface area contributed by atoms with Gasteiger partial charge in [-0.15, -0.1) is 0 Å². The van der Waals surface area contributed by atoms with Gasteiger partial charge in [0.15, 0.2) is 0 Å². The Morgan fingerprint density at radius 3 is 2.47 bits per heavy atom. The normalized spacial score (nSPS) is 29.6. The summed E-state index contributed by atoms with van der Waals surface area (Å²) >= 11 is 0. The molecule has 3 aromatic carbocycles. The first-order chi connectivity index (χ1) is 14.5. The zero-order valence-corrected chi connectivity index (χ0v) is 16.3. The van der Waals surface area contributed by atoms with Gasteiger partial charge in [0.05, 0.1) is 17.5 Å². The zero-order chi connectivity index (χ0) is 20.6. The highest BCUT2D eigenvalue weighted by atomic mass is 16.2. The van der Waals surface area contributed by atoms with Gasteiger partial charge >= 0.3 is 0 Å². The Morgan fingerprint density at radius 2 is 1.60 bits per heavy atom. The Hall–Kier alpha value is -3.51. The number of carbonyl (C=O) groups is 3. The van der Waals surface area contributed by atoms with Gasteiger partial charge in [-0.25, -0.2) is 4.90 Å². The lowest BCUT2D eigenvalue weighted by Gasteiger charge is -2.29. The summed E-state index contributed by atoms with van der Waals surface area (Å²) < 4.78 is 0. The molecule has 3 aromatic rings. The summed E-state index contributed by atoms with van der Waals surface area (Å²) in [4.78, 5) is 41.8. The minimum Gasteiger partial charge on any atom is -0.324 e. The predicted molar refractivity (Wildman–Crippen MR) is 113 cm³/mol. The standard InChI is InChI=1S/C24H19N3O3/c1-13-19-20(24(26-13)16-10-4-5-11-17(16)25-23(24)30)22(29)27(21(19)28)18-12-6-8-14-7-2-3-9-15(14)18/h2-13,19-20,26H,1H3,(H,25,30)/t13-,19-,20-,24-/m0/s1. The average Bonchev–Trinajstić information content (AvgIpc) is 3.32. The number of imide groups is 1. The average molecular weight is 397 g/mol. The summed E-state index contributed by atoms with van der Waals surface area (Å²) in [6, 6.07) is 20.3. The first-order valence-corrected chi connectivity index (χ1v) is 10.1. The number of rotatable bonds is 1. The molecule has 3 heterocycles. The van der Waals surface area contributed by atoms with Crippen molar-refractivity contribution in [2.75, 3.05) is 10.2 Å². The van der Waals surface area contributed by atoms with Crippen molar-refractivity contribution in [2.45, 2.75) is 18.5 Å². The molecule has 2 N–H and O–H groups in total. The zero-order valence-electron chi connectivity index (χ0n) is 16.3. The van der Waals surface area contributed by atoms with Gasteiger partial charge in [0.2, 0.25) is 17.7 Å². The van der Waals surface area contributed by atoms with Crippen LogP contribution in [0.15, 0.2) is 66.7 Å². The molecule has 4 atom stereocenters. The van der Waals surface area contributed by atoms with Gasteiger partial charge < -0.3 is 5.32 Å². The molecular formula is C24H19N3O3. The Bertz CT molecular complexity index is 1260. The number of hydrogen-bond donors (Lipinski definition) is 2. The summed E-state index contributed by atoms with van der Waals surface area (Å²) in [6.07, 6.45) is 0. The van der Waals surface area contributed by atoms with E-state index in [1.807, 2.05) is 67.6 Å². The minimum atomic E-state index is -1.23. The molecular weight excluding hydrogens is 378 g/mol. The topological polar surface area (TPSA) is 78.5 Å². The summed E-state index contributed by atoms with van der Waals surface area (Å²) in [6.45, 7) is 1.87. The lowest BCUT2D eigenvalue weighted by molar-refractivity contribution is -0.130.